The fourth-order valence-corrected chi connectivity index (χ4v) is 2.93. The number of methoxy groups -OCH3 is 1. The molecule has 24 heavy (non-hydrogen) atoms. The molecule has 0 bridgehead atoms. The van der Waals surface area contributed by atoms with Crippen LogP contribution in [0.3, 0.4) is 0 Å². The van der Waals surface area contributed by atoms with E-state index < -0.39 is 0 Å². The van der Waals surface area contributed by atoms with Crippen LogP contribution in [0.5, 0.6) is 5.75 Å². The molecule has 0 saturated carbocycles. The molecule has 0 unspecified atom stereocenters. The molecule has 1 aromatic heterocycles. The highest BCUT2D eigenvalue weighted by molar-refractivity contribution is 6.31. The van der Waals surface area contributed by atoms with Gasteiger partial charge in [0.25, 0.3) is 0 Å². The van der Waals surface area contributed by atoms with E-state index in [0.29, 0.717) is 24.4 Å². The first-order valence-corrected chi connectivity index (χ1v) is 7.97. The van der Waals surface area contributed by atoms with E-state index >= 15 is 0 Å². The number of hydrogen-bond acceptors (Lipinski definition) is 4. The van der Waals surface area contributed by atoms with Crippen LogP contribution in [0.2, 0.25) is 5.02 Å². The first-order chi connectivity index (χ1) is 11.6. The first-order valence-electron chi connectivity index (χ1n) is 7.59. The lowest BCUT2D eigenvalue weighted by atomic mass is 10.1. The Morgan fingerprint density at radius 2 is 1.83 bits per heavy atom. The van der Waals surface area contributed by atoms with Gasteiger partial charge in [0.05, 0.1) is 7.11 Å². The summed E-state index contributed by atoms with van der Waals surface area (Å²) in [5.41, 5.74) is 2.13. The molecule has 0 fully saturated rings. The molecular weight excluding hydrogens is 326 g/mol. The fraction of sp³-hybridized carbons (Fsp3) is 0.211. The second kappa shape index (κ2) is 7.07. The van der Waals surface area contributed by atoms with Crippen LogP contribution in [-0.4, -0.2) is 19.1 Å². The van der Waals surface area contributed by atoms with E-state index in [4.69, 9.17) is 20.8 Å². The predicted molar refractivity (Wildman–Crippen MR) is 95.7 cm³/mol. The molecule has 0 spiro atoms. The molecule has 0 N–H and O–H groups in total. The second-order valence-corrected chi connectivity index (χ2v) is 6.12. The molecule has 3 aromatic rings. The van der Waals surface area contributed by atoms with Gasteiger partial charge >= 0.3 is 5.63 Å². The van der Waals surface area contributed by atoms with Gasteiger partial charge in [0, 0.05) is 35.6 Å². The van der Waals surface area contributed by atoms with E-state index in [-0.39, 0.29) is 5.63 Å². The quantitative estimate of drug-likeness (QED) is 0.654. The van der Waals surface area contributed by atoms with Gasteiger partial charge in [-0.3, -0.25) is 4.90 Å². The van der Waals surface area contributed by atoms with Crippen LogP contribution in [0, 0.1) is 0 Å². The summed E-state index contributed by atoms with van der Waals surface area (Å²) in [5.74, 6) is 0.659. The molecule has 0 aliphatic carbocycles. The molecule has 0 radical (unpaired) electrons. The van der Waals surface area contributed by atoms with Crippen molar-refractivity contribution >= 4 is 22.6 Å². The number of halogens is 1. The molecule has 0 aliphatic heterocycles. The van der Waals surface area contributed by atoms with Crippen LogP contribution >= 0.6 is 11.6 Å². The average molecular weight is 344 g/mol. The Bertz CT molecular complexity index is 920. The lowest BCUT2D eigenvalue weighted by Gasteiger charge is -2.18. The minimum Gasteiger partial charge on any atom is -0.497 e. The molecule has 124 valence electrons. The third-order valence-corrected chi connectivity index (χ3v) is 4.24. The SMILES string of the molecule is COc1ccc2c(CN(C)Cc3ccccc3Cl)cc(=O)oc2c1. The highest BCUT2D eigenvalue weighted by Gasteiger charge is 2.10. The third kappa shape index (κ3) is 3.61. The summed E-state index contributed by atoms with van der Waals surface area (Å²) in [7, 11) is 3.58. The van der Waals surface area contributed by atoms with Crippen LogP contribution in [0.25, 0.3) is 11.0 Å². The molecule has 0 amide bonds. The summed E-state index contributed by atoms with van der Waals surface area (Å²) in [6.07, 6.45) is 0. The topological polar surface area (TPSA) is 42.7 Å². The van der Waals surface area contributed by atoms with Gasteiger partial charge in [0.15, 0.2) is 0 Å². The van der Waals surface area contributed by atoms with Crippen molar-refractivity contribution in [3.63, 3.8) is 0 Å². The number of ether oxygens (including phenoxy) is 1. The molecule has 4 nitrogen and oxygen atoms in total. The van der Waals surface area contributed by atoms with Crippen molar-refractivity contribution < 1.29 is 9.15 Å². The maximum Gasteiger partial charge on any atom is 0.336 e. The van der Waals surface area contributed by atoms with Crippen molar-refractivity contribution in [2.75, 3.05) is 14.2 Å². The minimum absolute atomic E-state index is 0.364. The Morgan fingerprint density at radius 1 is 1.08 bits per heavy atom. The summed E-state index contributed by atoms with van der Waals surface area (Å²) in [5, 5.41) is 1.65. The lowest BCUT2D eigenvalue weighted by molar-refractivity contribution is 0.319. The third-order valence-electron chi connectivity index (χ3n) is 3.88. The molecule has 0 saturated heterocycles. The van der Waals surface area contributed by atoms with Gasteiger partial charge in [-0.2, -0.15) is 0 Å². The predicted octanol–water partition coefficient (Wildman–Crippen LogP) is 4.09. The van der Waals surface area contributed by atoms with Crippen molar-refractivity contribution in [3.8, 4) is 5.75 Å². The monoisotopic (exact) mass is 343 g/mol. The normalized spacial score (nSPS) is 11.2. The van der Waals surface area contributed by atoms with Crippen LogP contribution in [0.4, 0.5) is 0 Å². The number of nitrogens with zero attached hydrogens (tertiary/aromatic N) is 1. The molecular formula is C19H18ClNO3. The summed E-state index contributed by atoms with van der Waals surface area (Å²) >= 11 is 6.22. The van der Waals surface area contributed by atoms with E-state index in [0.717, 1.165) is 21.5 Å². The fourth-order valence-electron chi connectivity index (χ4n) is 2.73. The zero-order chi connectivity index (χ0) is 17.1. The van der Waals surface area contributed by atoms with Gasteiger partial charge in [0.2, 0.25) is 0 Å². The summed E-state index contributed by atoms with van der Waals surface area (Å²) < 4.78 is 10.5. The number of rotatable bonds is 5. The van der Waals surface area contributed by atoms with Crippen molar-refractivity contribution in [1.82, 2.24) is 4.90 Å². The standard InChI is InChI=1S/C19H18ClNO3/c1-21(11-13-5-3-4-6-17(13)20)12-14-9-19(22)24-18-10-15(23-2)7-8-16(14)18/h3-10H,11-12H2,1-2H3. The van der Waals surface area contributed by atoms with Gasteiger partial charge in [-0.25, -0.2) is 4.79 Å². The van der Waals surface area contributed by atoms with Crippen LogP contribution in [-0.2, 0) is 13.1 Å². The maximum atomic E-state index is 11.9. The first kappa shape index (κ1) is 16.6. The largest absolute Gasteiger partial charge is 0.497 e. The van der Waals surface area contributed by atoms with Crippen molar-refractivity contribution in [2.24, 2.45) is 0 Å². The Morgan fingerprint density at radius 3 is 2.58 bits per heavy atom. The molecule has 0 aliphatic rings. The minimum atomic E-state index is -0.364. The van der Waals surface area contributed by atoms with Crippen LogP contribution in [0.15, 0.2) is 57.7 Å². The molecule has 3 rings (SSSR count). The van der Waals surface area contributed by atoms with E-state index in [1.54, 1.807) is 13.2 Å². The zero-order valence-electron chi connectivity index (χ0n) is 13.6. The van der Waals surface area contributed by atoms with Crippen molar-refractivity contribution in [3.05, 3.63) is 75.1 Å². The van der Waals surface area contributed by atoms with E-state index in [1.165, 1.54) is 6.07 Å². The van der Waals surface area contributed by atoms with E-state index in [2.05, 4.69) is 4.90 Å². The van der Waals surface area contributed by atoms with E-state index in [1.807, 2.05) is 43.4 Å². The van der Waals surface area contributed by atoms with Crippen LogP contribution in [0.1, 0.15) is 11.1 Å². The molecule has 2 aromatic carbocycles. The van der Waals surface area contributed by atoms with Gasteiger partial charge < -0.3 is 9.15 Å². The lowest BCUT2D eigenvalue weighted by Crippen LogP contribution is -2.18. The van der Waals surface area contributed by atoms with Gasteiger partial charge in [-0.1, -0.05) is 29.8 Å². The Hall–Kier alpha value is -2.30. The summed E-state index contributed by atoms with van der Waals surface area (Å²) in [6.45, 7) is 1.30. The van der Waals surface area contributed by atoms with E-state index in [9.17, 15) is 4.79 Å². The van der Waals surface area contributed by atoms with Crippen LogP contribution < -0.4 is 10.4 Å². The highest BCUT2D eigenvalue weighted by Crippen LogP contribution is 2.24. The smallest absolute Gasteiger partial charge is 0.336 e. The van der Waals surface area contributed by atoms with Crippen molar-refractivity contribution in [1.29, 1.82) is 0 Å². The Labute approximate surface area is 145 Å². The zero-order valence-corrected chi connectivity index (χ0v) is 14.3. The molecule has 0 atom stereocenters. The average Bonchev–Trinajstić information content (AvgIpc) is 2.56. The van der Waals surface area contributed by atoms with Crippen molar-refractivity contribution in [2.45, 2.75) is 13.1 Å². The second-order valence-electron chi connectivity index (χ2n) is 5.72. The summed E-state index contributed by atoms with van der Waals surface area (Å²) in [6, 6.07) is 14.8. The molecule has 1 heterocycles. The van der Waals surface area contributed by atoms with Gasteiger partial charge in [-0.15, -0.1) is 0 Å². The number of fused-ring (bicyclic) bond motifs is 1. The maximum absolute atomic E-state index is 11.9. The molecule has 5 heteroatoms. The highest BCUT2D eigenvalue weighted by atomic mass is 35.5. The van der Waals surface area contributed by atoms with Gasteiger partial charge in [0.1, 0.15) is 11.3 Å². The Balaban J connectivity index is 1.89. The van der Waals surface area contributed by atoms with Gasteiger partial charge in [-0.05, 0) is 36.4 Å². The number of benzene rings is 2. The Kier molecular flexibility index (Phi) is 4.88. The number of hydrogen-bond donors (Lipinski definition) is 0. The summed E-state index contributed by atoms with van der Waals surface area (Å²) in [4.78, 5) is 14.0.